The van der Waals surface area contributed by atoms with E-state index in [-0.39, 0.29) is 5.56 Å². The maximum absolute atomic E-state index is 12.4. The summed E-state index contributed by atoms with van der Waals surface area (Å²) >= 11 is 0. The summed E-state index contributed by atoms with van der Waals surface area (Å²) in [7, 11) is 0. The van der Waals surface area contributed by atoms with Crippen LogP contribution in [0.1, 0.15) is 31.7 Å². The number of anilines is 2. The molecule has 28 heavy (non-hydrogen) atoms. The van der Waals surface area contributed by atoms with Crippen molar-refractivity contribution in [1.29, 1.82) is 5.26 Å². The molecular weight excluding hydrogens is 358 g/mol. The number of hydrogen-bond acceptors (Lipinski definition) is 5. The molecule has 1 saturated heterocycles. The molecule has 0 aliphatic carbocycles. The molecule has 0 bridgehead atoms. The summed E-state index contributed by atoms with van der Waals surface area (Å²) in [5.41, 5.74) is 0.169. The molecule has 0 saturated carbocycles. The summed E-state index contributed by atoms with van der Waals surface area (Å²) in [6.07, 6.45) is 4.85. The molecule has 1 aliphatic heterocycles. The van der Waals surface area contributed by atoms with Crippen LogP contribution in [0.3, 0.4) is 0 Å². The SMILES string of the molecule is CCn1cc(C#N)c(=O)n(CC(=O)Nc2ccc(N3CCCCC3)cc2)c1=O. The Labute approximate surface area is 162 Å². The third-order valence-electron chi connectivity index (χ3n) is 4.87. The Kier molecular flexibility index (Phi) is 5.94. The average molecular weight is 381 g/mol. The normalized spacial score (nSPS) is 13.8. The maximum atomic E-state index is 12.4. The zero-order valence-electron chi connectivity index (χ0n) is 15.9. The topological polar surface area (TPSA) is 100 Å². The van der Waals surface area contributed by atoms with Crippen molar-refractivity contribution in [3.05, 3.63) is 56.9 Å². The van der Waals surface area contributed by atoms with E-state index in [1.165, 1.54) is 30.0 Å². The minimum absolute atomic E-state index is 0.167. The number of nitrogens with zero attached hydrogens (tertiary/aromatic N) is 4. The van der Waals surface area contributed by atoms with Gasteiger partial charge in [-0.3, -0.25) is 14.2 Å². The fourth-order valence-corrected chi connectivity index (χ4v) is 3.35. The smallest absolute Gasteiger partial charge is 0.331 e. The van der Waals surface area contributed by atoms with Crippen LogP contribution in [0.5, 0.6) is 0 Å². The van der Waals surface area contributed by atoms with Gasteiger partial charge in [-0.05, 0) is 50.5 Å². The lowest BCUT2D eigenvalue weighted by atomic mass is 10.1. The van der Waals surface area contributed by atoms with Crippen molar-refractivity contribution in [1.82, 2.24) is 9.13 Å². The lowest BCUT2D eigenvalue weighted by Crippen LogP contribution is -2.43. The molecule has 0 unspecified atom stereocenters. The third-order valence-corrected chi connectivity index (χ3v) is 4.87. The number of aryl methyl sites for hydroxylation is 1. The summed E-state index contributed by atoms with van der Waals surface area (Å²) in [4.78, 5) is 39.2. The standard InChI is InChI=1S/C20H23N5O3/c1-2-23-13-15(12-21)19(27)25(20(23)28)14-18(26)22-16-6-8-17(9-7-16)24-10-4-3-5-11-24/h6-9,13H,2-5,10-11,14H2,1H3,(H,22,26). The first-order valence-electron chi connectivity index (χ1n) is 9.42. The first-order valence-corrected chi connectivity index (χ1v) is 9.42. The van der Waals surface area contributed by atoms with Gasteiger partial charge in [0.05, 0.1) is 0 Å². The number of nitrogens with one attached hydrogen (secondary N) is 1. The van der Waals surface area contributed by atoms with Crippen LogP contribution in [0, 0.1) is 11.3 Å². The van der Waals surface area contributed by atoms with E-state index >= 15 is 0 Å². The molecule has 146 valence electrons. The van der Waals surface area contributed by atoms with Gasteiger partial charge in [0, 0.05) is 37.2 Å². The highest BCUT2D eigenvalue weighted by Crippen LogP contribution is 2.21. The molecule has 1 aliphatic rings. The highest BCUT2D eigenvalue weighted by molar-refractivity contribution is 5.90. The largest absolute Gasteiger partial charge is 0.372 e. The molecular formula is C20H23N5O3. The highest BCUT2D eigenvalue weighted by Gasteiger charge is 2.15. The number of aromatic nitrogens is 2. The second-order valence-corrected chi connectivity index (χ2v) is 6.76. The van der Waals surface area contributed by atoms with Crippen LogP contribution < -0.4 is 21.5 Å². The number of hydrogen-bond donors (Lipinski definition) is 1. The zero-order valence-corrected chi connectivity index (χ0v) is 15.9. The van der Waals surface area contributed by atoms with E-state index in [0.717, 1.165) is 23.3 Å². The van der Waals surface area contributed by atoms with Crippen molar-refractivity contribution in [2.45, 2.75) is 39.3 Å². The van der Waals surface area contributed by atoms with Gasteiger partial charge in [0.15, 0.2) is 0 Å². The number of nitriles is 1. The van der Waals surface area contributed by atoms with Gasteiger partial charge >= 0.3 is 5.69 Å². The van der Waals surface area contributed by atoms with E-state index in [2.05, 4.69) is 10.2 Å². The number of carbonyl (C=O) groups is 1. The Hall–Kier alpha value is -3.34. The fraction of sp³-hybridized carbons (Fsp3) is 0.400. The fourth-order valence-electron chi connectivity index (χ4n) is 3.35. The zero-order chi connectivity index (χ0) is 20.1. The van der Waals surface area contributed by atoms with Gasteiger partial charge in [-0.1, -0.05) is 0 Å². The van der Waals surface area contributed by atoms with Crippen LogP contribution in [0.4, 0.5) is 11.4 Å². The van der Waals surface area contributed by atoms with Crippen LogP contribution in [0.15, 0.2) is 40.1 Å². The highest BCUT2D eigenvalue weighted by atomic mass is 16.2. The van der Waals surface area contributed by atoms with Gasteiger partial charge in [-0.2, -0.15) is 5.26 Å². The molecule has 1 aromatic heterocycles. The van der Waals surface area contributed by atoms with E-state index in [0.29, 0.717) is 12.2 Å². The van der Waals surface area contributed by atoms with Crippen molar-refractivity contribution < 1.29 is 4.79 Å². The van der Waals surface area contributed by atoms with Gasteiger partial charge < -0.3 is 10.2 Å². The minimum atomic E-state index is -0.757. The molecule has 1 N–H and O–H groups in total. The van der Waals surface area contributed by atoms with E-state index in [4.69, 9.17) is 5.26 Å². The molecule has 8 nitrogen and oxygen atoms in total. The molecule has 1 fully saturated rings. The van der Waals surface area contributed by atoms with Gasteiger partial charge in [-0.15, -0.1) is 0 Å². The first-order chi connectivity index (χ1) is 13.5. The summed E-state index contributed by atoms with van der Waals surface area (Å²) in [5.74, 6) is -0.498. The van der Waals surface area contributed by atoms with Gasteiger partial charge in [0.25, 0.3) is 5.56 Å². The molecule has 0 atom stereocenters. The van der Waals surface area contributed by atoms with Crippen molar-refractivity contribution in [3.63, 3.8) is 0 Å². The second kappa shape index (κ2) is 8.57. The predicted molar refractivity (Wildman–Crippen MR) is 106 cm³/mol. The molecule has 0 spiro atoms. The van der Waals surface area contributed by atoms with Crippen molar-refractivity contribution in [2.24, 2.45) is 0 Å². The van der Waals surface area contributed by atoms with Gasteiger partial charge in [0.2, 0.25) is 5.91 Å². The van der Waals surface area contributed by atoms with Crippen LogP contribution in [0.2, 0.25) is 0 Å². The van der Waals surface area contributed by atoms with Crippen LogP contribution in [-0.4, -0.2) is 28.1 Å². The average Bonchev–Trinajstić information content (AvgIpc) is 2.72. The van der Waals surface area contributed by atoms with E-state index in [1.54, 1.807) is 25.1 Å². The summed E-state index contributed by atoms with van der Waals surface area (Å²) in [5, 5.41) is 11.8. The summed E-state index contributed by atoms with van der Waals surface area (Å²) < 4.78 is 2.03. The first kappa shape index (κ1) is 19.4. The summed E-state index contributed by atoms with van der Waals surface area (Å²) in [6, 6.07) is 9.28. The maximum Gasteiger partial charge on any atom is 0.331 e. The second-order valence-electron chi connectivity index (χ2n) is 6.76. The number of rotatable bonds is 5. The quantitative estimate of drug-likeness (QED) is 0.847. The molecule has 3 rings (SSSR count). The Morgan fingerprint density at radius 1 is 1.14 bits per heavy atom. The number of piperidine rings is 1. The van der Waals surface area contributed by atoms with E-state index in [9.17, 15) is 14.4 Å². The number of amides is 1. The third kappa shape index (κ3) is 4.14. The van der Waals surface area contributed by atoms with Crippen LogP contribution in [-0.2, 0) is 17.9 Å². The number of carbonyl (C=O) groups excluding carboxylic acids is 1. The Balaban J connectivity index is 1.73. The van der Waals surface area contributed by atoms with Crippen molar-refractivity contribution in [2.75, 3.05) is 23.3 Å². The molecule has 1 amide bonds. The van der Waals surface area contributed by atoms with Crippen LogP contribution >= 0.6 is 0 Å². The van der Waals surface area contributed by atoms with Gasteiger partial charge in [0.1, 0.15) is 18.2 Å². The monoisotopic (exact) mass is 381 g/mol. The van der Waals surface area contributed by atoms with E-state index < -0.39 is 23.7 Å². The Morgan fingerprint density at radius 3 is 2.43 bits per heavy atom. The Morgan fingerprint density at radius 2 is 1.82 bits per heavy atom. The molecule has 2 heterocycles. The van der Waals surface area contributed by atoms with E-state index in [1.807, 2.05) is 12.1 Å². The molecule has 1 aromatic carbocycles. The lowest BCUT2D eigenvalue weighted by molar-refractivity contribution is -0.116. The van der Waals surface area contributed by atoms with Crippen molar-refractivity contribution in [3.8, 4) is 6.07 Å². The van der Waals surface area contributed by atoms with Gasteiger partial charge in [-0.25, -0.2) is 9.36 Å². The van der Waals surface area contributed by atoms with Crippen LogP contribution in [0.25, 0.3) is 0 Å². The number of benzene rings is 1. The molecule has 0 radical (unpaired) electrons. The summed E-state index contributed by atoms with van der Waals surface area (Å²) in [6.45, 7) is 3.65. The lowest BCUT2D eigenvalue weighted by Gasteiger charge is -2.28. The van der Waals surface area contributed by atoms with Crippen molar-refractivity contribution >= 4 is 17.3 Å². The Bertz CT molecular complexity index is 1010. The minimum Gasteiger partial charge on any atom is -0.372 e. The molecule has 2 aromatic rings. The molecule has 8 heteroatoms. The predicted octanol–water partition coefficient (Wildman–Crippen LogP) is 1.53.